The fraction of sp³-hybridized carbons (Fsp3) is 0.136. The van der Waals surface area contributed by atoms with Gasteiger partial charge in [-0.1, -0.05) is 78.3 Å². The van der Waals surface area contributed by atoms with Crippen molar-refractivity contribution in [1.29, 1.82) is 0 Å². The summed E-state index contributed by atoms with van der Waals surface area (Å²) in [4.78, 5) is 14.1. The maximum Gasteiger partial charge on any atom is 0.200 e. The highest BCUT2D eigenvalue weighted by atomic mass is 35.5. The Morgan fingerprint density at radius 1 is 0.889 bits per heavy atom. The second-order valence-electron chi connectivity index (χ2n) is 6.73. The number of halogens is 1. The molecule has 0 aromatic heterocycles. The van der Waals surface area contributed by atoms with Gasteiger partial charge in [0.2, 0.25) is 5.78 Å². The van der Waals surface area contributed by atoms with Crippen molar-refractivity contribution in [1.82, 2.24) is 0 Å². The van der Waals surface area contributed by atoms with Gasteiger partial charge in [-0.3, -0.25) is 9.00 Å². The molecule has 0 N–H and O–H groups in total. The molecular weight excluding hydrogens is 380 g/mol. The van der Waals surface area contributed by atoms with Crippen molar-refractivity contribution >= 4 is 28.2 Å². The smallest absolute Gasteiger partial charge is 0.200 e. The molecule has 0 radical (unpaired) electrons. The number of epoxide rings is 1. The zero-order valence-corrected chi connectivity index (χ0v) is 15.7. The lowest BCUT2D eigenvalue weighted by Crippen LogP contribution is -2.40. The lowest BCUT2D eigenvalue weighted by atomic mass is 9.85. The van der Waals surface area contributed by atoms with Crippen LogP contribution in [0.5, 0.6) is 0 Å². The van der Waals surface area contributed by atoms with Crippen LogP contribution in [0.25, 0.3) is 0 Å². The molecule has 5 rings (SSSR count). The van der Waals surface area contributed by atoms with Crippen molar-refractivity contribution in [3.63, 3.8) is 0 Å². The zero-order valence-electron chi connectivity index (χ0n) is 14.2. The highest BCUT2D eigenvalue weighted by Gasteiger charge is 2.71. The average Bonchev–Trinajstić information content (AvgIpc) is 3.43. The first-order valence-electron chi connectivity index (χ1n) is 8.66. The molecule has 4 atom stereocenters. The maximum atomic E-state index is 13.5. The van der Waals surface area contributed by atoms with E-state index in [0.717, 1.165) is 11.1 Å². The molecule has 0 amide bonds. The van der Waals surface area contributed by atoms with Gasteiger partial charge >= 0.3 is 0 Å². The van der Waals surface area contributed by atoms with Crippen LogP contribution in [-0.4, -0.2) is 15.6 Å². The Morgan fingerprint density at radius 2 is 1.56 bits per heavy atom. The third kappa shape index (κ3) is 2.37. The first kappa shape index (κ1) is 16.9. The summed E-state index contributed by atoms with van der Waals surface area (Å²) in [6, 6.07) is 23.9. The molecule has 0 aliphatic carbocycles. The largest absolute Gasteiger partial charge is 0.350 e. The predicted octanol–water partition coefficient (Wildman–Crippen LogP) is 4.90. The molecule has 3 aromatic rings. The Bertz CT molecular complexity index is 1080. The topological polar surface area (TPSA) is 46.7 Å². The molecule has 27 heavy (non-hydrogen) atoms. The summed E-state index contributed by atoms with van der Waals surface area (Å²) in [5, 5.41) is -0.0361. The molecule has 1 spiro atoms. The molecule has 0 saturated carbocycles. The molecule has 134 valence electrons. The maximum absolute atomic E-state index is 13.5. The minimum atomic E-state index is -1.42. The summed E-state index contributed by atoms with van der Waals surface area (Å²) >= 11 is 6.37. The molecular formula is C22H15ClO3S. The fourth-order valence-corrected chi connectivity index (χ4v) is 6.05. The van der Waals surface area contributed by atoms with Crippen molar-refractivity contribution in [2.75, 3.05) is 0 Å². The van der Waals surface area contributed by atoms with E-state index in [1.165, 1.54) is 0 Å². The van der Waals surface area contributed by atoms with E-state index in [0.29, 0.717) is 15.5 Å². The second kappa shape index (κ2) is 6.13. The third-order valence-electron chi connectivity index (χ3n) is 5.24. The van der Waals surface area contributed by atoms with E-state index in [1.807, 2.05) is 54.6 Å². The van der Waals surface area contributed by atoms with Crippen LogP contribution in [0.4, 0.5) is 0 Å². The average molecular weight is 395 g/mol. The minimum Gasteiger partial charge on any atom is -0.350 e. The van der Waals surface area contributed by atoms with Crippen LogP contribution < -0.4 is 0 Å². The van der Waals surface area contributed by atoms with Gasteiger partial charge in [0.05, 0.1) is 15.7 Å². The summed E-state index contributed by atoms with van der Waals surface area (Å²) < 4.78 is 19.6. The third-order valence-corrected chi connectivity index (χ3v) is 7.43. The van der Waals surface area contributed by atoms with Gasteiger partial charge in [0.15, 0.2) is 5.60 Å². The molecule has 3 nitrogen and oxygen atoms in total. The zero-order chi connectivity index (χ0) is 18.6. The Labute approximate surface area is 164 Å². The van der Waals surface area contributed by atoms with Crippen LogP contribution in [-0.2, 0) is 15.5 Å². The summed E-state index contributed by atoms with van der Waals surface area (Å²) in [7, 11) is -1.42. The standard InChI is InChI=1S/C22H15ClO3S/c23-17-12-6-4-10-15(17)20-22(26-20)19(24)16-11-5-7-13-18(16)27(25)21(22)14-8-2-1-3-9-14/h1-13,20-21H/t20-,21+,22-,27?/m1/s1. The summed E-state index contributed by atoms with van der Waals surface area (Å²) in [5.74, 6) is -0.128. The van der Waals surface area contributed by atoms with E-state index in [4.69, 9.17) is 16.3 Å². The quantitative estimate of drug-likeness (QED) is 0.581. The van der Waals surface area contributed by atoms with Crippen LogP contribution in [0.1, 0.15) is 32.8 Å². The number of hydrogen-bond acceptors (Lipinski definition) is 3. The molecule has 2 aliphatic rings. The van der Waals surface area contributed by atoms with Gasteiger partial charge in [0.1, 0.15) is 11.4 Å². The Kier molecular flexibility index (Phi) is 3.83. The highest BCUT2D eigenvalue weighted by Crippen LogP contribution is 2.63. The number of rotatable bonds is 2. The summed E-state index contributed by atoms with van der Waals surface area (Å²) in [6.07, 6.45) is -0.513. The van der Waals surface area contributed by atoms with E-state index in [9.17, 15) is 9.00 Å². The Morgan fingerprint density at radius 3 is 2.33 bits per heavy atom. The molecule has 2 aliphatic heterocycles. The Balaban J connectivity index is 1.72. The van der Waals surface area contributed by atoms with E-state index in [-0.39, 0.29) is 5.78 Å². The normalized spacial score (nSPS) is 28.8. The molecule has 2 heterocycles. The van der Waals surface area contributed by atoms with Crippen molar-refractivity contribution in [3.05, 3.63) is 101 Å². The highest BCUT2D eigenvalue weighted by molar-refractivity contribution is 7.85. The minimum absolute atomic E-state index is 0.128. The number of carbonyl (C=O) groups excluding carboxylic acids is 1. The van der Waals surface area contributed by atoms with E-state index in [2.05, 4.69) is 0 Å². The molecule has 0 bridgehead atoms. The fourth-order valence-electron chi connectivity index (χ4n) is 3.96. The van der Waals surface area contributed by atoms with E-state index >= 15 is 0 Å². The van der Waals surface area contributed by atoms with Crippen LogP contribution in [0.2, 0.25) is 5.02 Å². The number of hydrogen-bond donors (Lipinski definition) is 0. The lowest BCUT2D eigenvalue weighted by Gasteiger charge is -2.30. The van der Waals surface area contributed by atoms with Gasteiger partial charge in [-0.05, 0) is 17.7 Å². The molecule has 1 saturated heterocycles. The van der Waals surface area contributed by atoms with Gasteiger partial charge in [0, 0.05) is 16.1 Å². The van der Waals surface area contributed by atoms with Crippen molar-refractivity contribution < 1.29 is 13.7 Å². The number of fused-ring (bicyclic) bond motifs is 1. The SMILES string of the molecule is O=C1c2ccccc2S(=O)[C@@H](c2ccccc2)[C@@]12O[C@@H]2c1ccccc1Cl. The molecule has 1 fully saturated rings. The van der Waals surface area contributed by atoms with Gasteiger partial charge in [0.25, 0.3) is 0 Å². The summed E-state index contributed by atoms with van der Waals surface area (Å²) in [5.41, 5.74) is 0.863. The molecule has 5 heteroatoms. The van der Waals surface area contributed by atoms with Gasteiger partial charge in [-0.15, -0.1) is 0 Å². The van der Waals surface area contributed by atoms with E-state index < -0.39 is 27.8 Å². The number of benzene rings is 3. The van der Waals surface area contributed by atoms with Crippen molar-refractivity contribution in [2.24, 2.45) is 0 Å². The van der Waals surface area contributed by atoms with Crippen LogP contribution in [0, 0.1) is 0 Å². The second-order valence-corrected chi connectivity index (χ2v) is 8.64. The van der Waals surface area contributed by atoms with Gasteiger partial charge < -0.3 is 4.74 Å². The monoisotopic (exact) mass is 394 g/mol. The number of ketones is 1. The number of carbonyl (C=O) groups is 1. The van der Waals surface area contributed by atoms with Crippen LogP contribution in [0.15, 0.2) is 83.8 Å². The lowest BCUT2D eigenvalue weighted by molar-refractivity contribution is 0.0859. The predicted molar refractivity (Wildman–Crippen MR) is 104 cm³/mol. The van der Waals surface area contributed by atoms with Crippen LogP contribution in [0.3, 0.4) is 0 Å². The van der Waals surface area contributed by atoms with E-state index in [1.54, 1.807) is 24.3 Å². The number of ether oxygens (including phenoxy) is 1. The Hall–Kier alpha value is -2.27. The first-order chi connectivity index (χ1) is 13.1. The first-order valence-corrected chi connectivity index (χ1v) is 10.3. The number of Topliss-reactive ketones (excluding diaryl/α,β-unsaturated/α-hetero) is 1. The van der Waals surface area contributed by atoms with Gasteiger partial charge in [-0.2, -0.15) is 0 Å². The molecule has 3 aromatic carbocycles. The van der Waals surface area contributed by atoms with Crippen molar-refractivity contribution in [2.45, 2.75) is 21.9 Å². The van der Waals surface area contributed by atoms with Crippen molar-refractivity contribution in [3.8, 4) is 0 Å². The molecule has 1 unspecified atom stereocenters. The summed E-state index contributed by atoms with van der Waals surface area (Å²) in [6.45, 7) is 0. The van der Waals surface area contributed by atoms with Crippen LogP contribution >= 0.6 is 11.6 Å². The van der Waals surface area contributed by atoms with Gasteiger partial charge in [-0.25, -0.2) is 0 Å².